The fourth-order valence-corrected chi connectivity index (χ4v) is 2.15. The van der Waals surface area contributed by atoms with E-state index < -0.39 is 0 Å². The highest BCUT2D eigenvalue weighted by Gasteiger charge is 2.01. The predicted molar refractivity (Wildman–Crippen MR) is 76.4 cm³/mol. The van der Waals surface area contributed by atoms with Gasteiger partial charge in [0, 0.05) is 12.8 Å². The van der Waals surface area contributed by atoms with Gasteiger partial charge >= 0.3 is 0 Å². The second kappa shape index (κ2) is 13.7. The third-order valence-corrected chi connectivity index (χ3v) is 3.37. The zero-order valence-electron chi connectivity index (χ0n) is 12.1. The van der Waals surface area contributed by atoms with E-state index >= 15 is 0 Å². The van der Waals surface area contributed by atoms with Crippen LogP contribution in [0.2, 0.25) is 0 Å². The van der Waals surface area contributed by atoms with Gasteiger partial charge in [-0.2, -0.15) is 0 Å². The summed E-state index contributed by atoms with van der Waals surface area (Å²) in [5.41, 5.74) is 0. The summed E-state index contributed by atoms with van der Waals surface area (Å²) in [7, 11) is 0. The lowest BCUT2D eigenvalue weighted by Crippen LogP contribution is -1.97. The quantitative estimate of drug-likeness (QED) is 0.379. The van der Waals surface area contributed by atoms with Crippen molar-refractivity contribution in [3.8, 4) is 0 Å². The predicted octanol–water partition coefficient (Wildman–Crippen LogP) is 5.67. The molecule has 1 nitrogen and oxygen atoms in total. The summed E-state index contributed by atoms with van der Waals surface area (Å²) in [5, 5.41) is 0. The maximum atomic E-state index is 11.6. The fraction of sp³-hybridized carbons (Fsp3) is 0.938. The van der Waals surface area contributed by atoms with E-state index in [1.165, 1.54) is 57.8 Å². The molecule has 0 atom stereocenters. The monoisotopic (exact) mass is 240 g/mol. The second-order valence-electron chi connectivity index (χ2n) is 5.22. The van der Waals surface area contributed by atoms with Crippen molar-refractivity contribution in [1.29, 1.82) is 0 Å². The molecule has 17 heavy (non-hydrogen) atoms. The number of hydrogen-bond donors (Lipinski definition) is 0. The highest BCUT2D eigenvalue weighted by atomic mass is 16.1. The number of carbonyl (C=O) groups excluding carboxylic acids is 1. The minimum absolute atomic E-state index is 0.497. The molecule has 0 saturated carbocycles. The van der Waals surface area contributed by atoms with Crippen molar-refractivity contribution in [2.45, 2.75) is 97.3 Å². The fourth-order valence-electron chi connectivity index (χ4n) is 2.15. The van der Waals surface area contributed by atoms with Gasteiger partial charge in [0.05, 0.1) is 0 Å². The summed E-state index contributed by atoms with van der Waals surface area (Å²) < 4.78 is 0. The van der Waals surface area contributed by atoms with Crippen LogP contribution in [0, 0.1) is 0 Å². The van der Waals surface area contributed by atoms with Crippen molar-refractivity contribution in [2.24, 2.45) is 0 Å². The standard InChI is InChI=1S/C16H32O/c1-3-5-7-9-11-13-15-16(17)14-12-10-8-6-4-2/h3-15H2,1-2H3. The van der Waals surface area contributed by atoms with Crippen LogP contribution in [0.4, 0.5) is 0 Å². The Bertz CT molecular complexity index is 163. The Morgan fingerprint density at radius 3 is 1.35 bits per heavy atom. The van der Waals surface area contributed by atoms with Crippen molar-refractivity contribution < 1.29 is 4.79 Å². The van der Waals surface area contributed by atoms with Crippen LogP contribution in [0.3, 0.4) is 0 Å². The topological polar surface area (TPSA) is 17.1 Å². The number of unbranched alkanes of at least 4 members (excludes halogenated alkanes) is 9. The molecule has 0 aromatic heterocycles. The first-order chi connectivity index (χ1) is 8.31. The number of carbonyl (C=O) groups is 1. The van der Waals surface area contributed by atoms with Crippen molar-refractivity contribution >= 4 is 5.78 Å². The van der Waals surface area contributed by atoms with Crippen LogP contribution in [0.15, 0.2) is 0 Å². The Balaban J connectivity index is 3.12. The van der Waals surface area contributed by atoms with Crippen LogP contribution in [0.25, 0.3) is 0 Å². The minimum atomic E-state index is 0.497. The lowest BCUT2D eigenvalue weighted by molar-refractivity contribution is -0.119. The van der Waals surface area contributed by atoms with Gasteiger partial charge < -0.3 is 0 Å². The normalized spacial score (nSPS) is 10.7. The summed E-state index contributed by atoms with van der Waals surface area (Å²) in [5.74, 6) is 0.497. The maximum absolute atomic E-state index is 11.6. The summed E-state index contributed by atoms with van der Waals surface area (Å²) in [6.07, 6.45) is 15.6. The van der Waals surface area contributed by atoms with E-state index in [4.69, 9.17) is 0 Å². The molecule has 0 radical (unpaired) electrons. The highest BCUT2D eigenvalue weighted by molar-refractivity contribution is 5.78. The Morgan fingerprint density at radius 2 is 0.941 bits per heavy atom. The summed E-state index contributed by atoms with van der Waals surface area (Å²) in [4.78, 5) is 11.6. The van der Waals surface area contributed by atoms with Gasteiger partial charge in [-0.15, -0.1) is 0 Å². The molecule has 102 valence electrons. The molecule has 0 rings (SSSR count). The van der Waals surface area contributed by atoms with E-state index in [-0.39, 0.29) is 0 Å². The lowest BCUT2D eigenvalue weighted by atomic mass is 10.0. The average molecular weight is 240 g/mol. The SMILES string of the molecule is CCCCCCCCC(=O)CCCCCCC. The molecule has 0 heterocycles. The first kappa shape index (κ1) is 16.7. The molecule has 0 bridgehead atoms. The molecule has 0 aliphatic rings. The Labute approximate surface area is 108 Å². The van der Waals surface area contributed by atoms with Gasteiger partial charge in [-0.05, 0) is 12.8 Å². The number of Topliss-reactive ketones (excluding diaryl/α,β-unsaturated/α-hetero) is 1. The van der Waals surface area contributed by atoms with Crippen LogP contribution in [0.1, 0.15) is 97.3 Å². The molecule has 0 aromatic carbocycles. The third kappa shape index (κ3) is 13.6. The zero-order valence-corrected chi connectivity index (χ0v) is 12.1. The molecular formula is C16H32O. The van der Waals surface area contributed by atoms with Crippen molar-refractivity contribution in [2.75, 3.05) is 0 Å². The number of ketones is 1. The van der Waals surface area contributed by atoms with E-state index in [1.54, 1.807) is 0 Å². The number of rotatable bonds is 13. The summed E-state index contributed by atoms with van der Waals surface area (Å²) in [6.45, 7) is 4.46. The summed E-state index contributed by atoms with van der Waals surface area (Å²) >= 11 is 0. The molecule has 0 unspecified atom stereocenters. The zero-order chi connectivity index (χ0) is 12.8. The van der Waals surface area contributed by atoms with Gasteiger partial charge in [0.15, 0.2) is 0 Å². The van der Waals surface area contributed by atoms with E-state index in [9.17, 15) is 4.79 Å². The van der Waals surface area contributed by atoms with Crippen molar-refractivity contribution in [3.63, 3.8) is 0 Å². The minimum Gasteiger partial charge on any atom is -0.300 e. The molecule has 0 aliphatic heterocycles. The van der Waals surface area contributed by atoms with Crippen molar-refractivity contribution in [3.05, 3.63) is 0 Å². The van der Waals surface area contributed by atoms with Gasteiger partial charge in [0.25, 0.3) is 0 Å². The highest BCUT2D eigenvalue weighted by Crippen LogP contribution is 2.10. The Morgan fingerprint density at radius 1 is 0.588 bits per heavy atom. The van der Waals surface area contributed by atoms with Crippen LogP contribution in [0.5, 0.6) is 0 Å². The first-order valence-electron chi connectivity index (χ1n) is 7.83. The average Bonchev–Trinajstić information content (AvgIpc) is 2.33. The van der Waals surface area contributed by atoms with E-state index in [1.807, 2.05) is 0 Å². The molecule has 0 aliphatic carbocycles. The molecule has 0 aromatic rings. The van der Waals surface area contributed by atoms with Gasteiger partial charge in [0.1, 0.15) is 5.78 Å². The molecule has 1 heteroatoms. The smallest absolute Gasteiger partial charge is 0.132 e. The van der Waals surface area contributed by atoms with Crippen LogP contribution >= 0.6 is 0 Å². The molecule has 0 spiro atoms. The van der Waals surface area contributed by atoms with E-state index in [0.717, 1.165) is 25.7 Å². The van der Waals surface area contributed by atoms with Crippen LogP contribution in [-0.4, -0.2) is 5.78 Å². The van der Waals surface area contributed by atoms with Gasteiger partial charge in [-0.1, -0.05) is 71.6 Å². The lowest BCUT2D eigenvalue weighted by Gasteiger charge is -2.02. The first-order valence-corrected chi connectivity index (χ1v) is 7.83. The van der Waals surface area contributed by atoms with E-state index in [0.29, 0.717) is 5.78 Å². The summed E-state index contributed by atoms with van der Waals surface area (Å²) in [6, 6.07) is 0. The third-order valence-electron chi connectivity index (χ3n) is 3.37. The largest absolute Gasteiger partial charge is 0.300 e. The maximum Gasteiger partial charge on any atom is 0.132 e. The number of hydrogen-bond acceptors (Lipinski definition) is 1. The molecule has 0 amide bonds. The van der Waals surface area contributed by atoms with Gasteiger partial charge in [0.2, 0.25) is 0 Å². The van der Waals surface area contributed by atoms with Gasteiger partial charge in [-0.25, -0.2) is 0 Å². The Hall–Kier alpha value is -0.330. The van der Waals surface area contributed by atoms with Gasteiger partial charge in [-0.3, -0.25) is 4.79 Å². The second-order valence-corrected chi connectivity index (χ2v) is 5.22. The molecule has 0 fully saturated rings. The van der Waals surface area contributed by atoms with Crippen molar-refractivity contribution in [1.82, 2.24) is 0 Å². The molecule has 0 saturated heterocycles. The van der Waals surface area contributed by atoms with Crippen LogP contribution < -0.4 is 0 Å². The van der Waals surface area contributed by atoms with Crippen LogP contribution in [-0.2, 0) is 4.79 Å². The molecule has 0 N–H and O–H groups in total. The van der Waals surface area contributed by atoms with E-state index in [2.05, 4.69) is 13.8 Å². The molecular weight excluding hydrogens is 208 g/mol. The Kier molecular flexibility index (Phi) is 13.5.